The first kappa shape index (κ1) is 13.6. The summed E-state index contributed by atoms with van der Waals surface area (Å²) < 4.78 is 7.27. The standard InChI is InChI=1S/C12H15ClN4O3/c1-12(5-18)8(19)7(4-20-12)17-3-2-6-9(14)15-11(13)16-10(6)17/h2-3,7-8,18-19H,4-5H2,1H3,(H2,14,15,16)/t7?,8-,12+/m0/s1. The van der Waals surface area contributed by atoms with Gasteiger partial charge in [-0.05, 0) is 24.6 Å². The van der Waals surface area contributed by atoms with Gasteiger partial charge in [0.15, 0.2) is 0 Å². The Labute approximate surface area is 120 Å². The second-order valence-electron chi connectivity index (χ2n) is 5.13. The lowest BCUT2D eigenvalue weighted by Crippen LogP contribution is -2.42. The number of anilines is 1. The van der Waals surface area contributed by atoms with Crippen LogP contribution < -0.4 is 5.73 Å². The summed E-state index contributed by atoms with van der Waals surface area (Å²) in [5.41, 5.74) is 5.36. The number of nitrogens with two attached hydrogens (primary N) is 1. The van der Waals surface area contributed by atoms with Crippen LogP contribution in [0.5, 0.6) is 0 Å². The summed E-state index contributed by atoms with van der Waals surface area (Å²) in [6.07, 6.45) is 0.893. The summed E-state index contributed by atoms with van der Waals surface area (Å²) in [6.45, 7) is 1.67. The van der Waals surface area contributed by atoms with Crippen LogP contribution in [0.3, 0.4) is 0 Å². The molecule has 1 aliphatic heterocycles. The van der Waals surface area contributed by atoms with Crippen LogP contribution in [-0.2, 0) is 4.74 Å². The molecule has 4 N–H and O–H groups in total. The Morgan fingerprint density at radius 2 is 2.35 bits per heavy atom. The van der Waals surface area contributed by atoms with Gasteiger partial charge < -0.3 is 25.3 Å². The van der Waals surface area contributed by atoms with Crippen molar-refractivity contribution in [1.29, 1.82) is 0 Å². The molecule has 3 heterocycles. The third kappa shape index (κ3) is 1.86. The van der Waals surface area contributed by atoms with E-state index in [1.165, 1.54) is 0 Å². The maximum atomic E-state index is 10.4. The lowest BCUT2D eigenvalue weighted by atomic mass is 9.97. The molecule has 3 atom stereocenters. The molecule has 0 amide bonds. The molecule has 0 bridgehead atoms. The average Bonchev–Trinajstić information content (AvgIpc) is 2.93. The predicted molar refractivity (Wildman–Crippen MR) is 73.4 cm³/mol. The lowest BCUT2D eigenvalue weighted by Gasteiger charge is -2.26. The highest BCUT2D eigenvalue weighted by Gasteiger charge is 2.46. The highest BCUT2D eigenvalue weighted by molar-refractivity contribution is 6.28. The van der Waals surface area contributed by atoms with Gasteiger partial charge in [0.25, 0.3) is 0 Å². The van der Waals surface area contributed by atoms with Gasteiger partial charge >= 0.3 is 0 Å². The van der Waals surface area contributed by atoms with Crippen molar-refractivity contribution in [3.05, 3.63) is 17.5 Å². The predicted octanol–water partition coefficient (Wildman–Crippen LogP) is 0.350. The van der Waals surface area contributed by atoms with E-state index in [0.29, 0.717) is 11.0 Å². The van der Waals surface area contributed by atoms with E-state index in [1.54, 1.807) is 23.8 Å². The van der Waals surface area contributed by atoms with E-state index in [-0.39, 0.29) is 30.4 Å². The summed E-state index contributed by atoms with van der Waals surface area (Å²) in [7, 11) is 0. The number of fused-ring (bicyclic) bond motifs is 1. The second kappa shape index (κ2) is 4.56. The zero-order chi connectivity index (χ0) is 14.5. The number of hydrogen-bond donors (Lipinski definition) is 3. The van der Waals surface area contributed by atoms with E-state index in [9.17, 15) is 10.2 Å². The monoisotopic (exact) mass is 298 g/mol. The molecule has 1 unspecified atom stereocenters. The number of halogens is 1. The highest BCUT2D eigenvalue weighted by Crippen LogP contribution is 2.35. The zero-order valence-corrected chi connectivity index (χ0v) is 11.6. The van der Waals surface area contributed by atoms with Gasteiger partial charge in [-0.1, -0.05) is 0 Å². The molecule has 0 aromatic carbocycles. The Hall–Kier alpha value is -1.41. The Kier molecular flexibility index (Phi) is 3.09. The number of aliphatic hydroxyl groups is 2. The van der Waals surface area contributed by atoms with E-state index in [0.717, 1.165) is 0 Å². The number of ether oxygens (including phenoxy) is 1. The van der Waals surface area contributed by atoms with Gasteiger partial charge in [0.2, 0.25) is 5.28 Å². The van der Waals surface area contributed by atoms with Gasteiger partial charge in [0.05, 0.1) is 24.6 Å². The van der Waals surface area contributed by atoms with Crippen molar-refractivity contribution in [1.82, 2.24) is 14.5 Å². The molecule has 3 rings (SSSR count). The van der Waals surface area contributed by atoms with E-state index >= 15 is 0 Å². The van der Waals surface area contributed by atoms with Crippen molar-refractivity contribution in [2.45, 2.75) is 24.7 Å². The fourth-order valence-electron chi connectivity index (χ4n) is 2.53. The van der Waals surface area contributed by atoms with Crippen molar-refractivity contribution >= 4 is 28.5 Å². The van der Waals surface area contributed by atoms with Crippen LogP contribution in [0.1, 0.15) is 13.0 Å². The molecule has 20 heavy (non-hydrogen) atoms. The minimum atomic E-state index is -0.983. The maximum Gasteiger partial charge on any atom is 0.226 e. The van der Waals surface area contributed by atoms with Crippen molar-refractivity contribution in [2.75, 3.05) is 18.9 Å². The first-order valence-electron chi connectivity index (χ1n) is 6.19. The van der Waals surface area contributed by atoms with Crippen LogP contribution in [0.4, 0.5) is 5.82 Å². The molecule has 0 spiro atoms. The summed E-state index contributed by atoms with van der Waals surface area (Å²) in [5.74, 6) is 0.289. The van der Waals surface area contributed by atoms with Crippen LogP contribution in [0.25, 0.3) is 11.0 Å². The number of nitrogens with zero attached hydrogens (tertiary/aromatic N) is 3. The molecule has 7 nitrogen and oxygen atoms in total. The van der Waals surface area contributed by atoms with Gasteiger partial charge in [0.1, 0.15) is 23.2 Å². The van der Waals surface area contributed by atoms with Gasteiger partial charge in [-0.25, -0.2) is 4.98 Å². The molecule has 2 aromatic rings. The summed E-state index contributed by atoms with van der Waals surface area (Å²) in [6, 6.07) is 1.40. The molecular formula is C12H15ClN4O3. The van der Waals surface area contributed by atoms with E-state index < -0.39 is 11.7 Å². The fourth-order valence-corrected chi connectivity index (χ4v) is 2.70. The summed E-state index contributed by atoms with van der Waals surface area (Å²) in [4.78, 5) is 8.05. The van der Waals surface area contributed by atoms with E-state index in [4.69, 9.17) is 22.1 Å². The first-order chi connectivity index (χ1) is 9.46. The van der Waals surface area contributed by atoms with Crippen LogP contribution in [-0.4, -0.2) is 49.7 Å². The van der Waals surface area contributed by atoms with Gasteiger partial charge in [-0.3, -0.25) is 0 Å². The minimum Gasteiger partial charge on any atom is -0.393 e. The molecule has 0 saturated carbocycles. The quantitative estimate of drug-likeness (QED) is 0.691. The molecule has 8 heteroatoms. The van der Waals surface area contributed by atoms with Crippen LogP contribution in [0.15, 0.2) is 12.3 Å². The van der Waals surface area contributed by atoms with E-state index in [2.05, 4.69) is 9.97 Å². The topological polar surface area (TPSA) is 106 Å². The Balaban J connectivity index is 2.08. The fraction of sp³-hybridized carbons (Fsp3) is 0.500. The Morgan fingerprint density at radius 1 is 1.60 bits per heavy atom. The van der Waals surface area contributed by atoms with Gasteiger partial charge in [-0.2, -0.15) is 4.98 Å². The maximum absolute atomic E-state index is 10.4. The number of rotatable bonds is 2. The second-order valence-corrected chi connectivity index (χ2v) is 5.47. The lowest BCUT2D eigenvalue weighted by molar-refractivity contribution is -0.0781. The third-order valence-corrected chi connectivity index (χ3v) is 3.99. The number of nitrogen functional groups attached to an aromatic ring is 1. The summed E-state index contributed by atoms with van der Waals surface area (Å²) >= 11 is 5.83. The molecule has 2 aromatic heterocycles. The van der Waals surface area contributed by atoms with Crippen molar-refractivity contribution in [3.8, 4) is 0 Å². The molecule has 0 radical (unpaired) electrons. The SMILES string of the molecule is C[C@]1(CO)OCC(n2ccc3c(N)nc(Cl)nc32)[C@@H]1O. The molecule has 1 fully saturated rings. The van der Waals surface area contributed by atoms with Crippen molar-refractivity contribution < 1.29 is 14.9 Å². The zero-order valence-electron chi connectivity index (χ0n) is 10.8. The number of aliphatic hydroxyl groups excluding tert-OH is 2. The molecular weight excluding hydrogens is 284 g/mol. The number of aromatic nitrogens is 3. The van der Waals surface area contributed by atoms with Crippen molar-refractivity contribution in [3.63, 3.8) is 0 Å². The van der Waals surface area contributed by atoms with Crippen LogP contribution in [0.2, 0.25) is 5.28 Å². The van der Waals surface area contributed by atoms with E-state index in [1.807, 2.05) is 0 Å². The Bertz CT molecular complexity index is 661. The Morgan fingerprint density at radius 3 is 3.00 bits per heavy atom. The van der Waals surface area contributed by atoms with Crippen LogP contribution in [0, 0.1) is 0 Å². The van der Waals surface area contributed by atoms with Gasteiger partial charge in [0, 0.05) is 6.20 Å². The smallest absolute Gasteiger partial charge is 0.226 e. The normalized spacial score (nSPS) is 30.2. The summed E-state index contributed by atoms with van der Waals surface area (Å²) in [5, 5.41) is 20.4. The molecule has 1 saturated heterocycles. The minimum absolute atomic E-state index is 0.0493. The molecule has 108 valence electrons. The first-order valence-corrected chi connectivity index (χ1v) is 6.56. The average molecular weight is 299 g/mol. The highest BCUT2D eigenvalue weighted by atomic mass is 35.5. The van der Waals surface area contributed by atoms with Crippen LogP contribution >= 0.6 is 11.6 Å². The number of hydrogen-bond acceptors (Lipinski definition) is 6. The van der Waals surface area contributed by atoms with Gasteiger partial charge in [-0.15, -0.1) is 0 Å². The third-order valence-electron chi connectivity index (χ3n) is 3.82. The van der Waals surface area contributed by atoms with Crippen molar-refractivity contribution in [2.24, 2.45) is 0 Å². The molecule has 0 aliphatic carbocycles. The molecule has 1 aliphatic rings. The largest absolute Gasteiger partial charge is 0.393 e.